The number of rotatable bonds is 7. The lowest BCUT2D eigenvalue weighted by molar-refractivity contribution is -0.139. The minimum absolute atomic E-state index is 0.0732. The zero-order valence-corrected chi connectivity index (χ0v) is 22.7. The molecule has 8 heteroatoms. The number of halogens is 3. The van der Waals surface area contributed by atoms with Crippen LogP contribution in [0.5, 0.6) is 5.75 Å². The van der Waals surface area contributed by atoms with Crippen molar-refractivity contribution in [1.29, 1.82) is 0 Å². The van der Waals surface area contributed by atoms with Crippen molar-refractivity contribution < 1.29 is 32.5 Å². The van der Waals surface area contributed by atoms with E-state index in [1.165, 1.54) is 6.20 Å². The molecule has 39 heavy (non-hydrogen) atoms. The van der Waals surface area contributed by atoms with Crippen molar-refractivity contribution in [3.05, 3.63) is 81.9 Å². The molecule has 5 nitrogen and oxygen atoms in total. The van der Waals surface area contributed by atoms with Gasteiger partial charge >= 0.3 is 5.97 Å². The number of carboxylic acids is 1. The van der Waals surface area contributed by atoms with Crippen LogP contribution in [0.15, 0.2) is 36.5 Å². The highest BCUT2D eigenvalue weighted by Crippen LogP contribution is 2.63. The van der Waals surface area contributed by atoms with E-state index >= 15 is 4.39 Å². The third-order valence-electron chi connectivity index (χ3n) is 8.07. The summed E-state index contributed by atoms with van der Waals surface area (Å²) in [5.41, 5.74) is 2.31. The summed E-state index contributed by atoms with van der Waals surface area (Å²) in [6.07, 6.45) is 1.81. The Morgan fingerprint density at radius 2 is 1.90 bits per heavy atom. The highest BCUT2D eigenvalue weighted by atomic mass is 19.1. The Bertz CT molecular complexity index is 1470. The van der Waals surface area contributed by atoms with E-state index in [0.717, 1.165) is 11.6 Å². The first-order chi connectivity index (χ1) is 18.4. The molecule has 1 aromatic heterocycles. The van der Waals surface area contributed by atoms with Crippen LogP contribution in [0.25, 0.3) is 11.1 Å². The summed E-state index contributed by atoms with van der Waals surface area (Å²) in [7, 11) is 1.60. The van der Waals surface area contributed by atoms with Gasteiger partial charge in [-0.1, -0.05) is 32.9 Å². The molecule has 0 bridgehead atoms. The maximum absolute atomic E-state index is 15.7. The third-order valence-corrected chi connectivity index (χ3v) is 8.07. The molecule has 0 unspecified atom stereocenters. The van der Waals surface area contributed by atoms with Crippen molar-refractivity contribution in [2.24, 2.45) is 11.3 Å². The van der Waals surface area contributed by atoms with Crippen LogP contribution in [0.4, 0.5) is 13.2 Å². The predicted octanol–water partition coefficient (Wildman–Crippen LogP) is 7.08. The summed E-state index contributed by atoms with van der Waals surface area (Å²) in [6, 6.07) is 8.10. The van der Waals surface area contributed by atoms with E-state index in [4.69, 9.17) is 9.47 Å². The Morgan fingerprint density at radius 3 is 2.54 bits per heavy atom. The number of aromatic nitrogens is 1. The van der Waals surface area contributed by atoms with E-state index in [2.05, 4.69) is 4.98 Å². The van der Waals surface area contributed by atoms with Gasteiger partial charge in [-0.25, -0.2) is 13.2 Å². The first kappa shape index (κ1) is 27.2. The molecule has 3 aromatic rings. The first-order valence-corrected chi connectivity index (χ1v) is 13.0. The largest absolute Gasteiger partial charge is 0.486 e. The maximum Gasteiger partial charge on any atom is 0.307 e. The zero-order chi connectivity index (χ0) is 28.3. The summed E-state index contributed by atoms with van der Waals surface area (Å²) in [5, 5.41) is 9.49. The standard InChI is InChI=1S/C31H32F3NO4/c1-16-10-20(24(33)14-35-16)18-7-6-17(11-21(18)28(38-5)30(2,3)4)15-39-25-12-23(32)19-8-9-31(26(19)27(25)34)13-22(31)29(36)37/h6-7,10-12,14,22,28H,8-9,13,15H2,1-5H3,(H,36,37)/t22-,28+,31+/m1/s1. The minimum Gasteiger partial charge on any atom is -0.486 e. The molecular formula is C31H32F3NO4. The number of hydrogen-bond donors (Lipinski definition) is 1. The molecule has 3 atom stereocenters. The fraction of sp³-hybridized carbons (Fsp3) is 0.419. The average molecular weight is 540 g/mol. The number of aliphatic carboxylic acids is 1. The molecule has 0 saturated heterocycles. The topological polar surface area (TPSA) is 68.7 Å². The van der Waals surface area contributed by atoms with E-state index in [1.807, 2.05) is 26.8 Å². The fourth-order valence-electron chi connectivity index (χ4n) is 6.19. The molecule has 2 aromatic carbocycles. The average Bonchev–Trinajstić information content (AvgIpc) is 3.47. The molecule has 1 N–H and O–H groups in total. The van der Waals surface area contributed by atoms with Gasteiger partial charge < -0.3 is 14.6 Å². The summed E-state index contributed by atoms with van der Waals surface area (Å²) < 4.78 is 57.1. The predicted molar refractivity (Wildman–Crippen MR) is 140 cm³/mol. The number of fused-ring (bicyclic) bond motifs is 2. The van der Waals surface area contributed by atoms with E-state index in [1.54, 1.807) is 32.2 Å². The van der Waals surface area contributed by atoms with Gasteiger partial charge in [-0.15, -0.1) is 0 Å². The number of carboxylic acid groups (broad SMARTS) is 1. The van der Waals surface area contributed by atoms with Crippen molar-refractivity contribution in [3.8, 4) is 16.9 Å². The number of carbonyl (C=O) groups is 1. The number of hydrogen-bond acceptors (Lipinski definition) is 4. The molecule has 1 spiro atoms. The SMILES string of the molecule is CO[C@@H](c1cc(COc2cc(F)c3c(c2F)[C@@]2(CC3)C[C@@H]2C(=O)O)ccc1-c1cc(C)ncc1F)C(C)(C)C. The van der Waals surface area contributed by atoms with Crippen molar-refractivity contribution in [3.63, 3.8) is 0 Å². The third kappa shape index (κ3) is 4.69. The highest BCUT2D eigenvalue weighted by Gasteiger charge is 2.63. The van der Waals surface area contributed by atoms with Gasteiger partial charge in [0.2, 0.25) is 0 Å². The number of ether oxygens (including phenoxy) is 2. The first-order valence-electron chi connectivity index (χ1n) is 13.0. The molecule has 0 aliphatic heterocycles. The second kappa shape index (κ2) is 9.66. The van der Waals surface area contributed by atoms with Gasteiger partial charge in [0.25, 0.3) is 0 Å². The fourth-order valence-corrected chi connectivity index (χ4v) is 6.19. The summed E-state index contributed by atoms with van der Waals surface area (Å²) >= 11 is 0. The van der Waals surface area contributed by atoms with Crippen molar-refractivity contribution >= 4 is 5.97 Å². The van der Waals surface area contributed by atoms with Crippen molar-refractivity contribution in [2.75, 3.05) is 7.11 Å². The summed E-state index contributed by atoms with van der Waals surface area (Å²) in [4.78, 5) is 15.6. The number of pyridine rings is 1. The molecule has 1 fully saturated rings. The summed E-state index contributed by atoms with van der Waals surface area (Å²) in [6.45, 7) is 7.77. The van der Waals surface area contributed by atoms with Crippen LogP contribution in [0.3, 0.4) is 0 Å². The van der Waals surface area contributed by atoms with Crippen LogP contribution in [0.2, 0.25) is 0 Å². The highest BCUT2D eigenvalue weighted by molar-refractivity contribution is 5.78. The van der Waals surface area contributed by atoms with E-state index in [-0.39, 0.29) is 28.9 Å². The van der Waals surface area contributed by atoms with Crippen LogP contribution < -0.4 is 4.74 Å². The Balaban J connectivity index is 1.50. The van der Waals surface area contributed by atoms with E-state index < -0.39 is 40.9 Å². The number of benzene rings is 2. The Morgan fingerprint density at radius 1 is 1.15 bits per heavy atom. The quantitative estimate of drug-likeness (QED) is 0.348. The molecule has 2 aliphatic carbocycles. The van der Waals surface area contributed by atoms with Crippen molar-refractivity contribution in [2.45, 2.75) is 65.1 Å². The van der Waals surface area contributed by atoms with Crippen LogP contribution in [-0.4, -0.2) is 23.2 Å². The van der Waals surface area contributed by atoms with Gasteiger partial charge in [-0.3, -0.25) is 9.78 Å². The van der Waals surface area contributed by atoms with Gasteiger partial charge in [0.05, 0.1) is 18.2 Å². The monoisotopic (exact) mass is 539 g/mol. The second-order valence-electron chi connectivity index (χ2n) is 11.8. The van der Waals surface area contributed by atoms with E-state index in [0.29, 0.717) is 41.6 Å². The lowest BCUT2D eigenvalue weighted by atomic mass is 9.81. The number of methoxy groups -OCH3 is 1. The molecule has 0 radical (unpaired) electrons. The Hall–Kier alpha value is -3.39. The summed E-state index contributed by atoms with van der Waals surface area (Å²) in [5.74, 6) is -3.68. The molecule has 5 rings (SSSR count). The smallest absolute Gasteiger partial charge is 0.307 e. The Labute approximate surface area is 226 Å². The molecular weight excluding hydrogens is 507 g/mol. The lowest BCUT2D eigenvalue weighted by Gasteiger charge is -2.32. The Kier molecular flexibility index (Phi) is 6.74. The second-order valence-corrected chi connectivity index (χ2v) is 11.8. The van der Waals surface area contributed by atoms with Gasteiger partial charge in [-0.2, -0.15) is 0 Å². The van der Waals surface area contributed by atoms with Gasteiger partial charge in [-0.05, 0) is 66.0 Å². The molecule has 0 amide bonds. The van der Waals surface area contributed by atoms with Crippen LogP contribution in [0, 0.1) is 35.7 Å². The van der Waals surface area contributed by atoms with Gasteiger partial charge in [0.1, 0.15) is 18.2 Å². The number of aryl methyl sites for hydroxylation is 1. The minimum atomic E-state index is -0.992. The van der Waals surface area contributed by atoms with E-state index in [9.17, 15) is 18.7 Å². The van der Waals surface area contributed by atoms with Gasteiger partial charge in [0, 0.05) is 35.4 Å². The maximum atomic E-state index is 15.7. The van der Waals surface area contributed by atoms with Crippen LogP contribution >= 0.6 is 0 Å². The van der Waals surface area contributed by atoms with Crippen LogP contribution in [0.1, 0.15) is 67.7 Å². The van der Waals surface area contributed by atoms with Gasteiger partial charge in [0.15, 0.2) is 11.6 Å². The zero-order valence-electron chi connectivity index (χ0n) is 22.7. The molecule has 206 valence electrons. The molecule has 1 saturated carbocycles. The van der Waals surface area contributed by atoms with Crippen molar-refractivity contribution in [1.82, 2.24) is 4.98 Å². The lowest BCUT2D eigenvalue weighted by Crippen LogP contribution is -2.21. The van der Waals surface area contributed by atoms with Crippen LogP contribution in [-0.2, 0) is 28.0 Å². The molecule has 2 aliphatic rings. The normalized spacial score (nSPS) is 20.7. The molecule has 1 heterocycles. The number of nitrogens with zero attached hydrogens (tertiary/aromatic N) is 1.